The minimum atomic E-state index is -0.698. The lowest BCUT2D eigenvalue weighted by Crippen LogP contribution is -2.31. The Morgan fingerprint density at radius 3 is 2.63 bits per heavy atom. The maximum atomic E-state index is 11.9. The summed E-state index contributed by atoms with van der Waals surface area (Å²) < 4.78 is 11.1. The molecule has 7 nitrogen and oxygen atoms in total. The number of oxazole rings is 1. The molecule has 8 heteroatoms. The number of hydrogen-bond donors (Lipinski definition) is 1. The van der Waals surface area contributed by atoms with Crippen LogP contribution in [-0.4, -0.2) is 29.6 Å². The lowest BCUT2D eigenvalue weighted by atomic mass is 10.1. The Kier molecular flexibility index (Phi) is 5.93. The van der Waals surface area contributed by atoms with Crippen LogP contribution in [0.3, 0.4) is 0 Å². The molecule has 1 aromatic heterocycles. The summed E-state index contributed by atoms with van der Waals surface area (Å²) in [6, 6.07) is 14.1. The molecule has 0 fully saturated rings. The minimum Gasteiger partial charge on any atom is -0.454 e. The highest BCUT2D eigenvalue weighted by Gasteiger charge is 2.14. The van der Waals surface area contributed by atoms with Gasteiger partial charge in [-0.25, -0.2) is 4.79 Å². The number of ether oxygens (including phenoxy) is 1. The van der Waals surface area contributed by atoms with Crippen LogP contribution >= 0.6 is 11.6 Å². The van der Waals surface area contributed by atoms with E-state index < -0.39 is 24.2 Å². The minimum absolute atomic E-state index is 0.325. The van der Waals surface area contributed by atoms with Gasteiger partial charge in [0.15, 0.2) is 12.2 Å². The van der Waals surface area contributed by atoms with Crippen molar-refractivity contribution >= 4 is 34.6 Å². The summed E-state index contributed by atoms with van der Waals surface area (Å²) in [6.45, 7) is -0.332. The molecule has 0 aliphatic heterocycles. The van der Waals surface area contributed by atoms with Gasteiger partial charge in [0.1, 0.15) is 6.54 Å². The van der Waals surface area contributed by atoms with Crippen LogP contribution in [0.15, 0.2) is 57.7 Å². The van der Waals surface area contributed by atoms with Crippen LogP contribution in [0.4, 0.5) is 0 Å². The van der Waals surface area contributed by atoms with Crippen molar-refractivity contribution in [3.63, 3.8) is 0 Å². The van der Waals surface area contributed by atoms with Crippen LogP contribution in [0, 0.1) is 0 Å². The number of esters is 1. The Hall–Kier alpha value is -3.06. The molecule has 1 N–H and O–H groups in total. The van der Waals surface area contributed by atoms with Crippen LogP contribution in [-0.2, 0) is 27.3 Å². The molecule has 1 amide bonds. The molecule has 0 atom stereocenters. The predicted octanol–water partition coefficient (Wildman–Crippen LogP) is 2.15. The summed E-state index contributed by atoms with van der Waals surface area (Å²) in [4.78, 5) is 35.5. The summed E-state index contributed by atoms with van der Waals surface area (Å²) in [7, 11) is 0. The van der Waals surface area contributed by atoms with Crippen molar-refractivity contribution in [1.29, 1.82) is 0 Å². The summed E-state index contributed by atoms with van der Waals surface area (Å²) in [6.07, 6.45) is 0.632. The third-order valence-corrected chi connectivity index (χ3v) is 4.13. The smallest absolute Gasteiger partial charge is 0.420 e. The zero-order valence-corrected chi connectivity index (χ0v) is 15.1. The van der Waals surface area contributed by atoms with Crippen LogP contribution in [0.25, 0.3) is 11.1 Å². The molecule has 0 aliphatic carbocycles. The molecule has 0 saturated heterocycles. The van der Waals surface area contributed by atoms with Gasteiger partial charge in [-0.1, -0.05) is 35.9 Å². The van der Waals surface area contributed by atoms with Crippen molar-refractivity contribution in [2.45, 2.75) is 13.0 Å². The molecule has 0 bridgehead atoms. The maximum absolute atomic E-state index is 11.9. The molecular weight excluding hydrogens is 372 g/mol. The fourth-order valence-electron chi connectivity index (χ4n) is 2.53. The zero-order chi connectivity index (χ0) is 19.2. The number of carbonyl (C=O) groups is 2. The highest BCUT2D eigenvalue weighted by molar-refractivity contribution is 6.30. The molecule has 0 saturated carbocycles. The first-order valence-electron chi connectivity index (χ1n) is 8.28. The SMILES string of the molecule is O=C(COC(=O)Cn1c(=O)oc2ccccc21)NCCc1ccc(Cl)cc1. The number of hydrogen-bond acceptors (Lipinski definition) is 5. The molecule has 0 radical (unpaired) electrons. The molecule has 0 aliphatic rings. The fourth-order valence-corrected chi connectivity index (χ4v) is 2.66. The van der Waals surface area contributed by atoms with Crippen molar-refractivity contribution in [2.24, 2.45) is 0 Å². The topological polar surface area (TPSA) is 90.5 Å². The maximum Gasteiger partial charge on any atom is 0.420 e. The van der Waals surface area contributed by atoms with Gasteiger partial charge in [0.25, 0.3) is 5.91 Å². The van der Waals surface area contributed by atoms with Crippen LogP contribution < -0.4 is 11.1 Å². The highest BCUT2D eigenvalue weighted by Crippen LogP contribution is 2.11. The lowest BCUT2D eigenvalue weighted by molar-refractivity contribution is -0.149. The normalized spacial score (nSPS) is 10.7. The van der Waals surface area contributed by atoms with Gasteiger partial charge in [-0.3, -0.25) is 14.2 Å². The Labute approximate surface area is 159 Å². The first-order chi connectivity index (χ1) is 13.0. The Morgan fingerprint density at radius 1 is 1.11 bits per heavy atom. The summed E-state index contributed by atoms with van der Waals surface area (Å²) in [5.41, 5.74) is 1.91. The average Bonchev–Trinajstić information content (AvgIpc) is 2.97. The van der Waals surface area contributed by atoms with Crippen LogP contribution in [0.2, 0.25) is 5.02 Å². The van der Waals surface area contributed by atoms with Gasteiger partial charge in [0.05, 0.1) is 5.52 Å². The second-order valence-corrected chi connectivity index (χ2v) is 6.25. The Morgan fingerprint density at radius 2 is 1.85 bits per heavy atom. The van der Waals surface area contributed by atoms with E-state index in [-0.39, 0.29) is 6.54 Å². The number of nitrogens with one attached hydrogen (secondary N) is 1. The molecular formula is C19H17ClN2O5. The van der Waals surface area contributed by atoms with Crippen molar-refractivity contribution in [3.8, 4) is 0 Å². The number of benzene rings is 2. The van der Waals surface area contributed by atoms with E-state index in [1.54, 1.807) is 36.4 Å². The van der Waals surface area contributed by atoms with E-state index >= 15 is 0 Å². The second-order valence-electron chi connectivity index (χ2n) is 5.81. The third kappa shape index (κ3) is 4.98. The largest absolute Gasteiger partial charge is 0.454 e. The lowest BCUT2D eigenvalue weighted by Gasteiger charge is -2.07. The molecule has 3 aromatic rings. The van der Waals surface area contributed by atoms with Gasteiger partial charge in [0, 0.05) is 11.6 Å². The standard InChI is InChI=1S/C19H17ClN2O5/c20-14-7-5-13(6-8-14)9-10-21-17(23)12-26-18(24)11-22-15-3-1-2-4-16(15)27-19(22)25/h1-8H,9-12H2,(H,21,23). The molecule has 27 heavy (non-hydrogen) atoms. The number of para-hydroxylation sites is 2. The summed E-state index contributed by atoms with van der Waals surface area (Å²) >= 11 is 5.81. The molecule has 2 aromatic carbocycles. The van der Waals surface area contributed by atoms with Crippen LogP contribution in [0.5, 0.6) is 0 Å². The van der Waals surface area contributed by atoms with E-state index in [0.717, 1.165) is 10.1 Å². The van der Waals surface area contributed by atoms with E-state index in [0.29, 0.717) is 29.1 Å². The summed E-state index contributed by atoms with van der Waals surface area (Å²) in [5, 5.41) is 3.32. The predicted molar refractivity (Wildman–Crippen MR) is 99.6 cm³/mol. The van der Waals surface area contributed by atoms with Gasteiger partial charge in [-0.05, 0) is 36.2 Å². The Bertz CT molecular complexity index is 1010. The van der Waals surface area contributed by atoms with Crippen LogP contribution in [0.1, 0.15) is 5.56 Å². The first-order valence-corrected chi connectivity index (χ1v) is 8.66. The van der Waals surface area contributed by atoms with Crippen molar-refractivity contribution in [1.82, 2.24) is 9.88 Å². The second kappa shape index (κ2) is 8.55. The number of nitrogens with zero attached hydrogens (tertiary/aromatic N) is 1. The highest BCUT2D eigenvalue weighted by atomic mass is 35.5. The van der Waals surface area contributed by atoms with Crippen molar-refractivity contribution < 1.29 is 18.7 Å². The van der Waals surface area contributed by atoms with Gasteiger partial charge in [0.2, 0.25) is 0 Å². The fraction of sp³-hybridized carbons (Fsp3) is 0.211. The molecule has 0 unspecified atom stereocenters. The van der Waals surface area contributed by atoms with Crippen molar-refractivity contribution in [2.75, 3.05) is 13.2 Å². The first kappa shape index (κ1) is 18.7. The molecule has 3 rings (SSSR count). The number of halogens is 1. The van der Waals surface area contributed by atoms with Gasteiger partial charge >= 0.3 is 11.7 Å². The van der Waals surface area contributed by atoms with E-state index in [1.807, 2.05) is 12.1 Å². The molecule has 0 spiro atoms. The molecule has 1 heterocycles. The van der Waals surface area contributed by atoms with Gasteiger partial charge in [-0.15, -0.1) is 0 Å². The third-order valence-electron chi connectivity index (χ3n) is 3.87. The number of amides is 1. The van der Waals surface area contributed by atoms with E-state index in [9.17, 15) is 14.4 Å². The van der Waals surface area contributed by atoms with E-state index in [2.05, 4.69) is 5.32 Å². The monoisotopic (exact) mass is 388 g/mol. The Balaban J connectivity index is 1.44. The number of carbonyl (C=O) groups excluding carboxylic acids is 2. The number of aromatic nitrogens is 1. The molecule has 140 valence electrons. The van der Waals surface area contributed by atoms with Gasteiger partial charge in [-0.2, -0.15) is 0 Å². The quantitative estimate of drug-likeness (QED) is 0.626. The van der Waals surface area contributed by atoms with E-state index in [1.165, 1.54) is 0 Å². The van der Waals surface area contributed by atoms with Crippen molar-refractivity contribution in [3.05, 3.63) is 69.7 Å². The zero-order valence-electron chi connectivity index (χ0n) is 14.3. The number of fused-ring (bicyclic) bond motifs is 1. The number of rotatable bonds is 7. The van der Waals surface area contributed by atoms with Gasteiger partial charge < -0.3 is 14.5 Å². The summed E-state index contributed by atoms with van der Waals surface area (Å²) in [5.74, 6) is -1.77. The average molecular weight is 389 g/mol. The van der Waals surface area contributed by atoms with E-state index in [4.69, 9.17) is 20.8 Å².